The maximum Gasteiger partial charge on any atom is 0.229 e. The summed E-state index contributed by atoms with van der Waals surface area (Å²) >= 11 is 6.17. The van der Waals surface area contributed by atoms with Crippen LogP contribution >= 0.6 is 11.6 Å². The van der Waals surface area contributed by atoms with Gasteiger partial charge >= 0.3 is 0 Å². The third kappa shape index (κ3) is 4.02. The zero-order valence-corrected chi connectivity index (χ0v) is 15.1. The predicted octanol–water partition coefficient (Wildman–Crippen LogP) is 3.94. The maximum absolute atomic E-state index is 12.6. The predicted molar refractivity (Wildman–Crippen MR) is 99.5 cm³/mol. The van der Waals surface area contributed by atoms with Gasteiger partial charge in [0.2, 0.25) is 11.8 Å². The Morgan fingerprint density at radius 3 is 2.76 bits per heavy atom. The molecule has 5 heteroatoms. The Labute approximate surface area is 152 Å². The Morgan fingerprint density at radius 1 is 1.24 bits per heavy atom. The van der Waals surface area contributed by atoms with Gasteiger partial charge in [-0.25, -0.2) is 0 Å². The molecular weight excluding hydrogens is 336 g/mol. The van der Waals surface area contributed by atoms with E-state index in [4.69, 9.17) is 11.6 Å². The summed E-state index contributed by atoms with van der Waals surface area (Å²) in [6, 6.07) is 13.4. The van der Waals surface area contributed by atoms with Crippen molar-refractivity contribution < 1.29 is 9.59 Å². The molecule has 0 saturated carbocycles. The number of rotatable bonds is 4. The zero-order valence-electron chi connectivity index (χ0n) is 14.4. The van der Waals surface area contributed by atoms with Gasteiger partial charge in [-0.15, -0.1) is 0 Å². The van der Waals surface area contributed by atoms with E-state index in [2.05, 4.69) is 5.32 Å². The fourth-order valence-corrected chi connectivity index (χ4v) is 3.23. The van der Waals surface area contributed by atoms with Crippen molar-refractivity contribution in [3.05, 3.63) is 64.2 Å². The summed E-state index contributed by atoms with van der Waals surface area (Å²) in [5.74, 6) is -0.459. The molecule has 1 saturated heterocycles. The highest BCUT2D eigenvalue weighted by Crippen LogP contribution is 2.25. The lowest BCUT2D eigenvalue weighted by Gasteiger charge is -2.18. The molecule has 1 N–H and O–H groups in total. The third-order valence-electron chi connectivity index (χ3n) is 4.56. The Hall–Kier alpha value is -2.33. The molecule has 0 unspecified atom stereocenters. The van der Waals surface area contributed by atoms with E-state index < -0.39 is 0 Å². The van der Waals surface area contributed by atoms with Crippen LogP contribution in [0.15, 0.2) is 42.5 Å². The first-order valence-corrected chi connectivity index (χ1v) is 8.71. The minimum Gasteiger partial charge on any atom is -0.337 e. The fourth-order valence-electron chi connectivity index (χ4n) is 3.04. The van der Waals surface area contributed by atoms with Crippen LogP contribution in [-0.2, 0) is 16.1 Å². The molecule has 1 atom stereocenters. The first kappa shape index (κ1) is 17.5. The number of carbonyl (C=O) groups excluding carboxylic acids is 2. The summed E-state index contributed by atoms with van der Waals surface area (Å²) < 4.78 is 0. The molecule has 0 spiro atoms. The van der Waals surface area contributed by atoms with E-state index in [0.29, 0.717) is 18.1 Å². The SMILES string of the molecule is Cc1ccc(C)c(NC(=O)[C@@H]2CC(=O)N(Cc3ccccc3Cl)C2)c1. The van der Waals surface area contributed by atoms with Crippen LogP contribution in [0, 0.1) is 19.8 Å². The lowest BCUT2D eigenvalue weighted by molar-refractivity contribution is -0.128. The summed E-state index contributed by atoms with van der Waals surface area (Å²) in [7, 11) is 0. The van der Waals surface area contributed by atoms with Gasteiger partial charge in [-0.3, -0.25) is 9.59 Å². The van der Waals surface area contributed by atoms with Crippen LogP contribution in [0.25, 0.3) is 0 Å². The van der Waals surface area contributed by atoms with Gasteiger partial charge in [0.05, 0.1) is 5.92 Å². The molecule has 1 aliphatic rings. The van der Waals surface area contributed by atoms with E-state index in [1.165, 1.54) is 0 Å². The number of aryl methyl sites for hydroxylation is 2. The van der Waals surface area contributed by atoms with Crippen molar-refractivity contribution in [3.63, 3.8) is 0 Å². The van der Waals surface area contributed by atoms with Crippen molar-refractivity contribution in [1.82, 2.24) is 4.90 Å². The second-order valence-corrected chi connectivity index (χ2v) is 6.98. The number of amides is 2. The van der Waals surface area contributed by atoms with E-state index in [9.17, 15) is 9.59 Å². The molecule has 2 aromatic carbocycles. The summed E-state index contributed by atoms with van der Waals surface area (Å²) in [5.41, 5.74) is 3.80. The number of benzene rings is 2. The summed E-state index contributed by atoms with van der Waals surface area (Å²) in [5, 5.41) is 3.60. The number of likely N-dealkylation sites (tertiary alicyclic amines) is 1. The first-order chi connectivity index (χ1) is 11.9. The van der Waals surface area contributed by atoms with Crippen LogP contribution in [0.1, 0.15) is 23.1 Å². The number of halogens is 1. The Kier molecular flexibility index (Phi) is 5.09. The van der Waals surface area contributed by atoms with Gasteiger partial charge in [0.1, 0.15) is 0 Å². The van der Waals surface area contributed by atoms with Gasteiger partial charge in [0, 0.05) is 30.2 Å². The van der Waals surface area contributed by atoms with Gasteiger partial charge in [-0.2, -0.15) is 0 Å². The minimum absolute atomic E-state index is 0.0129. The van der Waals surface area contributed by atoms with Gasteiger partial charge in [-0.05, 0) is 42.7 Å². The molecule has 0 aromatic heterocycles. The molecule has 1 fully saturated rings. The highest BCUT2D eigenvalue weighted by Gasteiger charge is 2.34. The smallest absolute Gasteiger partial charge is 0.229 e. The highest BCUT2D eigenvalue weighted by molar-refractivity contribution is 6.31. The summed E-state index contributed by atoms with van der Waals surface area (Å²) in [6.07, 6.45) is 0.237. The largest absolute Gasteiger partial charge is 0.337 e. The van der Waals surface area contributed by atoms with E-state index in [1.54, 1.807) is 4.90 Å². The van der Waals surface area contributed by atoms with Gasteiger partial charge in [0.15, 0.2) is 0 Å². The quantitative estimate of drug-likeness (QED) is 0.901. The van der Waals surface area contributed by atoms with Crippen LogP contribution in [0.3, 0.4) is 0 Å². The van der Waals surface area contributed by atoms with Crippen LogP contribution in [0.5, 0.6) is 0 Å². The minimum atomic E-state index is -0.338. The second-order valence-electron chi connectivity index (χ2n) is 6.57. The number of carbonyl (C=O) groups is 2. The number of anilines is 1. The Balaban J connectivity index is 1.66. The van der Waals surface area contributed by atoms with Gasteiger partial charge in [0.25, 0.3) is 0 Å². The van der Waals surface area contributed by atoms with Crippen molar-refractivity contribution in [2.45, 2.75) is 26.8 Å². The standard InChI is InChI=1S/C20H21ClN2O2/c1-13-7-8-14(2)18(9-13)22-20(25)16-10-19(24)23(12-16)11-15-5-3-4-6-17(15)21/h3-9,16H,10-12H2,1-2H3,(H,22,25)/t16-/m1/s1. The van der Waals surface area contributed by atoms with Crippen molar-refractivity contribution in [2.75, 3.05) is 11.9 Å². The molecule has 4 nitrogen and oxygen atoms in total. The van der Waals surface area contributed by atoms with Crippen LogP contribution in [0.2, 0.25) is 5.02 Å². The summed E-state index contributed by atoms with van der Waals surface area (Å²) in [4.78, 5) is 26.6. The molecule has 130 valence electrons. The molecule has 1 heterocycles. The average Bonchev–Trinajstić information content (AvgIpc) is 2.94. The van der Waals surface area contributed by atoms with Crippen molar-refractivity contribution in [2.24, 2.45) is 5.92 Å². The van der Waals surface area contributed by atoms with Crippen molar-refractivity contribution in [1.29, 1.82) is 0 Å². The molecule has 0 aliphatic carbocycles. The molecule has 2 amide bonds. The normalized spacial score (nSPS) is 17.0. The van der Waals surface area contributed by atoms with E-state index in [-0.39, 0.29) is 24.2 Å². The molecule has 0 bridgehead atoms. The van der Waals surface area contributed by atoms with E-state index in [0.717, 1.165) is 22.4 Å². The fraction of sp³-hybridized carbons (Fsp3) is 0.300. The van der Waals surface area contributed by atoms with Gasteiger partial charge < -0.3 is 10.2 Å². The van der Waals surface area contributed by atoms with Crippen LogP contribution < -0.4 is 5.32 Å². The Morgan fingerprint density at radius 2 is 2.00 bits per heavy atom. The lowest BCUT2D eigenvalue weighted by Crippen LogP contribution is -2.28. The average molecular weight is 357 g/mol. The molecular formula is C20H21ClN2O2. The van der Waals surface area contributed by atoms with E-state index in [1.807, 2.05) is 56.3 Å². The number of hydrogen-bond acceptors (Lipinski definition) is 2. The highest BCUT2D eigenvalue weighted by atomic mass is 35.5. The Bertz CT molecular complexity index is 819. The maximum atomic E-state index is 12.6. The molecule has 25 heavy (non-hydrogen) atoms. The number of nitrogens with zero attached hydrogens (tertiary/aromatic N) is 1. The van der Waals surface area contributed by atoms with Gasteiger partial charge in [-0.1, -0.05) is 41.9 Å². The summed E-state index contributed by atoms with van der Waals surface area (Å²) in [6.45, 7) is 4.80. The zero-order chi connectivity index (χ0) is 18.0. The first-order valence-electron chi connectivity index (χ1n) is 8.33. The topological polar surface area (TPSA) is 49.4 Å². The molecule has 2 aromatic rings. The third-order valence-corrected chi connectivity index (χ3v) is 4.92. The van der Waals surface area contributed by atoms with Crippen LogP contribution in [0.4, 0.5) is 5.69 Å². The van der Waals surface area contributed by atoms with Crippen molar-refractivity contribution in [3.8, 4) is 0 Å². The molecule has 1 aliphatic heterocycles. The molecule has 3 rings (SSSR count). The van der Waals surface area contributed by atoms with E-state index >= 15 is 0 Å². The van der Waals surface area contributed by atoms with Crippen molar-refractivity contribution >= 4 is 29.1 Å². The number of hydrogen-bond donors (Lipinski definition) is 1. The molecule has 0 radical (unpaired) electrons. The monoisotopic (exact) mass is 356 g/mol. The lowest BCUT2D eigenvalue weighted by atomic mass is 10.1. The number of nitrogens with one attached hydrogen (secondary N) is 1. The second kappa shape index (κ2) is 7.28. The van der Waals surface area contributed by atoms with Crippen LogP contribution in [-0.4, -0.2) is 23.3 Å².